The van der Waals surface area contributed by atoms with E-state index in [0.29, 0.717) is 0 Å². The van der Waals surface area contributed by atoms with E-state index in [1.165, 1.54) is 0 Å². The van der Waals surface area contributed by atoms with Crippen LogP contribution in [0.3, 0.4) is 0 Å². The maximum atomic E-state index is 0. The van der Waals surface area contributed by atoms with E-state index in [0.717, 1.165) is 0 Å². The van der Waals surface area contributed by atoms with Crippen LogP contribution in [-0.4, -0.2) is 19.4 Å². The van der Waals surface area contributed by atoms with Crippen molar-refractivity contribution in [2.24, 2.45) is 0 Å². The zero-order valence-corrected chi connectivity index (χ0v) is 6.41. The summed E-state index contributed by atoms with van der Waals surface area (Å²) < 4.78 is 0. The molecule has 0 nitrogen and oxygen atoms in total. The van der Waals surface area contributed by atoms with Crippen LogP contribution in [0.1, 0.15) is 0 Å². The molecule has 0 aromatic heterocycles. The summed E-state index contributed by atoms with van der Waals surface area (Å²) in [5.74, 6) is 0. The van der Waals surface area contributed by atoms with E-state index >= 15 is 0 Å². The molecule has 0 spiro atoms. The van der Waals surface area contributed by atoms with E-state index in [-0.39, 0.29) is 94.4 Å². The Kier molecular flexibility index (Phi) is 288. The summed E-state index contributed by atoms with van der Waals surface area (Å²) in [7, 11) is 0. The van der Waals surface area contributed by atoms with Crippen LogP contribution in [0.4, 0.5) is 0 Å². The van der Waals surface area contributed by atoms with Gasteiger partial charge in [0.25, 0.3) is 0 Å². The van der Waals surface area contributed by atoms with Gasteiger partial charge in [-0.1, -0.05) is 0 Å². The van der Waals surface area contributed by atoms with E-state index in [1.807, 2.05) is 0 Å². The SMILES string of the molecule is B.[Cu].[Fe].[Nd].[SiH4]. The predicted octanol–water partition coefficient (Wildman–Crippen LogP) is -2.64. The van der Waals surface area contributed by atoms with E-state index in [9.17, 15) is 0 Å². The first-order chi connectivity index (χ1) is 0. The summed E-state index contributed by atoms with van der Waals surface area (Å²) >= 11 is 0. The Morgan fingerprint density at radius 3 is 1.00 bits per heavy atom. The van der Waals surface area contributed by atoms with Crippen molar-refractivity contribution in [3.05, 3.63) is 0 Å². The molecule has 1 radical (unpaired) electrons. The first-order valence-electron chi connectivity index (χ1n) is 0. The zero-order valence-electron chi connectivity index (χ0n) is 1.16. The van der Waals surface area contributed by atoms with E-state index in [2.05, 4.69) is 0 Å². The summed E-state index contributed by atoms with van der Waals surface area (Å²) in [6.45, 7) is 0. The maximum Gasteiger partial charge on any atom is 0.0814 e. The summed E-state index contributed by atoms with van der Waals surface area (Å²) in [4.78, 5) is 0. The molecule has 0 bridgehead atoms. The van der Waals surface area contributed by atoms with Gasteiger partial charge in [-0.2, -0.15) is 0 Å². The fourth-order valence-corrected chi connectivity index (χ4v) is 0. The molecule has 0 N–H and O–H groups in total. The van der Waals surface area contributed by atoms with Crippen LogP contribution < -0.4 is 0 Å². The molecule has 37 valence electrons. The molecule has 0 heterocycles. The van der Waals surface area contributed by atoms with E-state index < -0.39 is 0 Å². The summed E-state index contributed by atoms with van der Waals surface area (Å²) in [6.07, 6.45) is 0. The quantitative estimate of drug-likeness (QED) is 0.429. The van der Waals surface area contributed by atoms with E-state index in [1.54, 1.807) is 0 Å². The van der Waals surface area contributed by atoms with Crippen LogP contribution in [0.2, 0.25) is 0 Å². The fraction of sp³-hybridized carbons (Fsp3) is 0. The van der Waals surface area contributed by atoms with Gasteiger partial charge in [-0.15, -0.1) is 0 Å². The van der Waals surface area contributed by atoms with E-state index in [4.69, 9.17) is 0 Å². The summed E-state index contributed by atoms with van der Waals surface area (Å²) in [5, 5.41) is 0. The minimum atomic E-state index is 0. The zero-order chi connectivity index (χ0) is 0. The molecule has 5 heteroatoms. The third-order valence-electron chi connectivity index (χ3n) is 0. The second-order valence-corrected chi connectivity index (χ2v) is 0. The molecule has 0 fully saturated rings. The van der Waals surface area contributed by atoms with Crippen molar-refractivity contribution >= 4 is 19.4 Å². The van der Waals surface area contributed by atoms with Crippen molar-refractivity contribution in [1.82, 2.24) is 0 Å². The molecule has 0 amide bonds. The molecule has 0 aliphatic carbocycles. The van der Waals surface area contributed by atoms with Gasteiger partial charge in [0.1, 0.15) is 0 Å². The molecular formula is H7BCuFeNdSi. The van der Waals surface area contributed by atoms with Gasteiger partial charge in [0.2, 0.25) is 0 Å². The second kappa shape index (κ2) is 30.1. The molecule has 0 aliphatic rings. The Morgan fingerprint density at radius 2 is 1.00 bits per heavy atom. The smallest absolute Gasteiger partial charge is 0.0149 e. The van der Waals surface area contributed by atoms with Crippen molar-refractivity contribution < 1.29 is 75.0 Å². The van der Waals surface area contributed by atoms with Crippen LogP contribution in [0.15, 0.2) is 0 Å². The monoisotopic (exact) mass is 307 g/mol. The fourth-order valence-electron chi connectivity index (χ4n) is 0. The Balaban J connectivity index is 0. The van der Waals surface area contributed by atoms with Crippen LogP contribution in [0.25, 0.3) is 0 Å². The molecular weight excluding hydrogens is 303 g/mol. The Bertz CT molecular complexity index is 11.6. The van der Waals surface area contributed by atoms with Gasteiger partial charge < -0.3 is 0 Å². The van der Waals surface area contributed by atoms with Gasteiger partial charge in [-0.05, 0) is 11.0 Å². The van der Waals surface area contributed by atoms with Crippen LogP contribution >= 0.6 is 0 Å². The van der Waals surface area contributed by atoms with Crippen molar-refractivity contribution in [1.29, 1.82) is 0 Å². The second-order valence-electron chi connectivity index (χ2n) is 0. The van der Waals surface area contributed by atoms with Crippen molar-refractivity contribution in [2.45, 2.75) is 0 Å². The normalized spacial score (nSPS) is 0. The Hall–Kier alpha value is 2.67. The molecule has 0 saturated carbocycles. The Morgan fingerprint density at radius 1 is 1.00 bits per heavy atom. The summed E-state index contributed by atoms with van der Waals surface area (Å²) in [6, 6.07) is 0. The molecule has 0 atom stereocenters. The van der Waals surface area contributed by atoms with Gasteiger partial charge in [0, 0.05) is 75.0 Å². The minimum Gasteiger partial charge on any atom is -0.0149 e. The number of hydrogen-bond donors (Lipinski definition) is 0. The number of hydrogen-bond acceptors (Lipinski definition) is 0. The molecule has 0 aromatic carbocycles. The predicted molar refractivity (Wildman–Crippen MR) is 21.3 cm³/mol. The third-order valence-corrected chi connectivity index (χ3v) is 0. The number of rotatable bonds is 0. The van der Waals surface area contributed by atoms with Gasteiger partial charge >= 0.3 is 0 Å². The van der Waals surface area contributed by atoms with Crippen LogP contribution in [-0.2, 0) is 34.1 Å². The maximum absolute atomic E-state index is 0. The molecule has 0 aliphatic heterocycles. The average molecular weight is 310 g/mol. The van der Waals surface area contributed by atoms with Gasteiger partial charge in [0.05, 0.1) is 8.41 Å². The third kappa shape index (κ3) is 20.4. The molecule has 0 unspecified atom stereocenters. The molecule has 5 heavy (non-hydrogen) atoms. The standard InChI is InChI=1S/BH3.Cu.Fe.Nd.H4Si/h1H3;;;;1H4. The topological polar surface area (TPSA) is 0 Å². The van der Waals surface area contributed by atoms with Gasteiger partial charge in [-0.3, -0.25) is 0 Å². The van der Waals surface area contributed by atoms with Crippen molar-refractivity contribution in [3.63, 3.8) is 0 Å². The molecule has 0 rings (SSSR count). The minimum absolute atomic E-state index is 0. The largest absolute Gasteiger partial charge is 0.0814 e. The van der Waals surface area contributed by atoms with Crippen molar-refractivity contribution in [2.75, 3.05) is 0 Å². The van der Waals surface area contributed by atoms with Crippen LogP contribution in [0.5, 0.6) is 0 Å². The van der Waals surface area contributed by atoms with Crippen molar-refractivity contribution in [3.8, 4) is 0 Å². The average Bonchev–Trinajstić information content (AvgIpc) is 0. The van der Waals surface area contributed by atoms with Crippen LogP contribution in [0, 0.1) is 40.8 Å². The van der Waals surface area contributed by atoms with Gasteiger partial charge in [-0.25, -0.2) is 0 Å². The van der Waals surface area contributed by atoms with Gasteiger partial charge in [0.15, 0.2) is 0 Å². The first-order valence-corrected chi connectivity index (χ1v) is 0. The Labute approximate surface area is 92.7 Å². The molecule has 0 aromatic rings. The summed E-state index contributed by atoms with van der Waals surface area (Å²) in [5.41, 5.74) is 0. The first kappa shape index (κ1) is 47.8. The molecule has 0 saturated heterocycles.